The lowest BCUT2D eigenvalue weighted by Crippen LogP contribution is -2.33. The summed E-state index contributed by atoms with van der Waals surface area (Å²) < 4.78 is 2.93. The van der Waals surface area contributed by atoms with Gasteiger partial charge in [0.2, 0.25) is 0 Å². The van der Waals surface area contributed by atoms with Crippen molar-refractivity contribution in [1.82, 2.24) is 19.3 Å². The summed E-state index contributed by atoms with van der Waals surface area (Å²) in [4.78, 5) is 25.4. The van der Waals surface area contributed by atoms with Crippen molar-refractivity contribution < 1.29 is 0 Å². The second-order valence-electron chi connectivity index (χ2n) is 7.08. The quantitative estimate of drug-likeness (QED) is 0.515. The van der Waals surface area contributed by atoms with Gasteiger partial charge in [-0.05, 0) is 38.4 Å². The van der Waals surface area contributed by atoms with Gasteiger partial charge >= 0.3 is 0 Å². The molecule has 3 aromatic heterocycles. The molecule has 1 aromatic carbocycles. The normalized spacial score (nSPS) is 18.5. The Kier molecular flexibility index (Phi) is 4.30. The van der Waals surface area contributed by atoms with Crippen LogP contribution in [0.2, 0.25) is 0 Å². The second kappa shape index (κ2) is 6.82. The van der Waals surface area contributed by atoms with Crippen LogP contribution in [-0.2, 0) is 6.54 Å². The number of nitrogens with zero attached hydrogens (tertiary/aromatic N) is 4. The minimum atomic E-state index is 0.0160. The van der Waals surface area contributed by atoms with E-state index < -0.39 is 0 Å². The molecule has 0 spiro atoms. The molecule has 5 rings (SSSR count). The van der Waals surface area contributed by atoms with E-state index in [9.17, 15) is 4.79 Å². The van der Waals surface area contributed by atoms with Crippen molar-refractivity contribution in [1.29, 1.82) is 0 Å². The molecule has 0 bridgehead atoms. The lowest BCUT2D eigenvalue weighted by atomic mass is 10.0. The predicted octanol–water partition coefficient (Wildman–Crippen LogP) is 4.40. The van der Waals surface area contributed by atoms with Gasteiger partial charge in [0.05, 0.1) is 22.0 Å². The first-order chi connectivity index (χ1) is 13.2. The van der Waals surface area contributed by atoms with Crippen molar-refractivity contribution in [2.45, 2.75) is 38.8 Å². The monoisotopic (exact) mass is 396 g/mol. The lowest BCUT2D eigenvalue weighted by molar-refractivity contribution is 0.138. The standard InChI is InChI=1S/C20H20N4OS2/c1-13-12-26-20-21-14(10-18(25)24(13)20)11-23-9-5-4-7-16(23)19-22-15-6-2-3-8-17(15)27-19/h2-3,6,8,10,12,16H,4-5,7,9,11H2,1H3. The minimum absolute atomic E-state index is 0.0160. The maximum atomic E-state index is 12.5. The van der Waals surface area contributed by atoms with E-state index in [0.717, 1.165) is 34.8 Å². The number of rotatable bonds is 3. The summed E-state index contributed by atoms with van der Waals surface area (Å²) in [6.45, 7) is 3.66. The Morgan fingerprint density at radius 2 is 2.11 bits per heavy atom. The average molecular weight is 397 g/mol. The third-order valence-electron chi connectivity index (χ3n) is 5.20. The number of likely N-dealkylation sites (tertiary alicyclic amines) is 1. The van der Waals surface area contributed by atoms with Crippen LogP contribution in [0.25, 0.3) is 15.2 Å². The summed E-state index contributed by atoms with van der Waals surface area (Å²) in [6, 6.07) is 10.3. The fraction of sp³-hybridized carbons (Fsp3) is 0.350. The summed E-state index contributed by atoms with van der Waals surface area (Å²) in [7, 11) is 0. The Hall–Kier alpha value is -2.09. The molecule has 1 unspecified atom stereocenters. The molecule has 0 saturated carbocycles. The van der Waals surface area contributed by atoms with Gasteiger partial charge in [0.25, 0.3) is 5.56 Å². The molecule has 4 aromatic rings. The summed E-state index contributed by atoms with van der Waals surface area (Å²) in [5, 5.41) is 3.17. The van der Waals surface area contributed by atoms with Crippen LogP contribution in [0.4, 0.5) is 0 Å². The summed E-state index contributed by atoms with van der Waals surface area (Å²) in [5.74, 6) is 0. The topological polar surface area (TPSA) is 50.5 Å². The Bertz CT molecular complexity index is 1140. The Balaban J connectivity index is 1.48. The third kappa shape index (κ3) is 3.09. The molecule has 0 radical (unpaired) electrons. The number of hydrogen-bond donors (Lipinski definition) is 0. The number of para-hydroxylation sites is 1. The molecular weight excluding hydrogens is 376 g/mol. The maximum Gasteiger partial charge on any atom is 0.259 e. The SMILES string of the molecule is Cc1csc2nc(CN3CCCCC3c3nc4ccccc4s3)cc(=O)n12. The van der Waals surface area contributed by atoms with Gasteiger partial charge in [0, 0.05) is 23.7 Å². The molecule has 27 heavy (non-hydrogen) atoms. The first kappa shape index (κ1) is 17.0. The molecule has 1 aliphatic heterocycles. The minimum Gasteiger partial charge on any atom is -0.288 e. The Labute approximate surface area is 164 Å². The van der Waals surface area contributed by atoms with Gasteiger partial charge in [0.15, 0.2) is 4.96 Å². The maximum absolute atomic E-state index is 12.5. The largest absolute Gasteiger partial charge is 0.288 e. The fourth-order valence-corrected chi connectivity index (χ4v) is 5.91. The van der Waals surface area contributed by atoms with Crippen molar-refractivity contribution in [2.24, 2.45) is 0 Å². The molecular formula is C20H20N4OS2. The molecule has 7 heteroatoms. The first-order valence-corrected chi connectivity index (χ1v) is 10.9. The number of thiazole rings is 2. The fourth-order valence-electron chi connectivity index (χ4n) is 3.88. The highest BCUT2D eigenvalue weighted by Crippen LogP contribution is 2.36. The summed E-state index contributed by atoms with van der Waals surface area (Å²) in [6.07, 6.45) is 3.51. The molecule has 1 saturated heterocycles. The number of aryl methyl sites for hydroxylation is 1. The van der Waals surface area contributed by atoms with Crippen LogP contribution < -0.4 is 5.56 Å². The molecule has 138 valence electrons. The van der Waals surface area contributed by atoms with E-state index in [2.05, 4.69) is 23.1 Å². The summed E-state index contributed by atoms with van der Waals surface area (Å²) >= 11 is 3.32. The van der Waals surface area contributed by atoms with E-state index in [4.69, 9.17) is 9.97 Å². The van der Waals surface area contributed by atoms with Crippen LogP contribution >= 0.6 is 22.7 Å². The van der Waals surface area contributed by atoms with Gasteiger partial charge in [-0.1, -0.05) is 18.6 Å². The van der Waals surface area contributed by atoms with E-state index in [-0.39, 0.29) is 5.56 Å². The van der Waals surface area contributed by atoms with Crippen LogP contribution in [0.5, 0.6) is 0 Å². The van der Waals surface area contributed by atoms with Gasteiger partial charge in [-0.25, -0.2) is 9.97 Å². The van der Waals surface area contributed by atoms with E-state index in [1.165, 1.54) is 33.9 Å². The number of fused-ring (bicyclic) bond motifs is 2. The zero-order valence-corrected chi connectivity index (χ0v) is 16.7. The van der Waals surface area contributed by atoms with Gasteiger partial charge < -0.3 is 0 Å². The first-order valence-electron chi connectivity index (χ1n) is 9.25. The predicted molar refractivity (Wildman–Crippen MR) is 111 cm³/mol. The average Bonchev–Trinajstić information content (AvgIpc) is 3.26. The summed E-state index contributed by atoms with van der Waals surface area (Å²) in [5.41, 5.74) is 2.90. The van der Waals surface area contributed by atoms with Gasteiger partial charge in [-0.15, -0.1) is 22.7 Å². The Morgan fingerprint density at radius 1 is 1.22 bits per heavy atom. The van der Waals surface area contributed by atoms with Gasteiger partial charge in [0.1, 0.15) is 5.01 Å². The number of aromatic nitrogens is 3. The second-order valence-corrected chi connectivity index (χ2v) is 8.98. The Morgan fingerprint density at radius 3 is 3.00 bits per heavy atom. The number of benzene rings is 1. The zero-order chi connectivity index (χ0) is 18.4. The van der Waals surface area contributed by atoms with Crippen molar-refractivity contribution in [2.75, 3.05) is 6.54 Å². The van der Waals surface area contributed by atoms with Crippen molar-refractivity contribution >= 4 is 37.9 Å². The zero-order valence-electron chi connectivity index (χ0n) is 15.1. The highest BCUT2D eigenvalue weighted by Gasteiger charge is 2.27. The van der Waals surface area contributed by atoms with E-state index in [1.807, 2.05) is 18.4 Å². The van der Waals surface area contributed by atoms with Crippen molar-refractivity contribution in [3.05, 3.63) is 62.5 Å². The highest BCUT2D eigenvalue weighted by atomic mass is 32.1. The number of piperidine rings is 1. The van der Waals surface area contributed by atoms with Gasteiger partial charge in [-0.3, -0.25) is 14.1 Å². The lowest BCUT2D eigenvalue weighted by Gasteiger charge is -2.34. The molecule has 1 atom stereocenters. The van der Waals surface area contributed by atoms with Crippen LogP contribution in [0, 0.1) is 6.92 Å². The highest BCUT2D eigenvalue weighted by molar-refractivity contribution is 7.18. The molecule has 1 aliphatic rings. The number of hydrogen-bond acceptors (Lipinski definition) is 6. The van der Waals surface area contributed by atoms with Crippen molar-refractivity contribution in [3.63, 3.8) is 0 Å². The molecule has 0 amide bonds. The smallest absolute Gasteiger partial charge is 0.259 e. The van der Waals surface area contributed by atoms with E-state index in [1.54, 1.807) is 21.8 Å². The van der Waals surface area contributed by atoms with Crippen LogP contribution in [0.15, 0.2) is 40.5 Å². The van der Waals surface area contributed by atoms with Crippen LogP contribution in [0.3, 0.4) is 0 Å². The van der Waals surface area contributed by atoms with E-state index >= 15 is 0 Å². The molecule has 4 heterocycles. The van der Waals surface area contributed by atoms with Crippen molar-refractivity contribution in [3.8, 4) is 0 Å². The molecule has 0 N–H and O–H groups in total. The third-order valence-corrected chi connectivity index (χ3v) is 7.28. The molecule has 5 nitrogen and oxygen atoms in total. The van der Waals surface area contributed by atoms with Crippen LogP contribution in [0.1, 0.15) is 41.7 Å². The van der Waals surface area contributed by atoms with Crippen LogP contribution in [-0.4, -0.2) is 25.8 Å². The van der Waals surface area contributed by atoms with Gasteiger partial charge in [-0.2, -0.15) is 0 Å². The molecule has 0 aliphatic carbocycles. The van der Waals surface area contributed by atoms with E-state index in [0.29, 0.717) is 12.6 Å². The molecule has 1 fully saturated rings.